The molecule has 1 heterocycles. The van der Waals surface area contributed by atoms with Gasteiger partial charge in [0.25, 0.3) is 0 Å². The Morgan fingerprint density at radius 3 is 2.85 bits per heavy atom. The minimum atomic E-state index is -0.157. The lowest BCUT2D eigenvalue weighted by atomic mass is 9.96. The molecule has 1 aromatic rings. The number of likely N-dealkylation sites (tertiary alicyclic amines) is 1. The number of piperidine rings is 1. The highest BCUT2D eigenvalue weighted by Crippen LogP contribution is 2.23. The van der Waals surface area contributed by atoms with Crippen molar-refractivity contribution in [2.24, 2.45) is 5.92 Å². The number of hydrogen-bond acceptors (Lipinski definition) is 2. The number of hydrogen-bond donors (Lipinski definition) is 1. The topological polar surface area (TPSA) is 49.4 Å². The number of benzene rings is 1. The average Bonchev–Trinajstić information content (AvgIpc) is 2.49. The summed E-state index contributed by atoms with van der Waals surface area (Å²) in [7, 11) is 0. The van der Waals surface area contributed by atoms with Gasteiger partial charge in [-0.25, -0.2) is 0 Å². The molecule has 108 valence electrons. The summed E-state index contributed by atoms with van der Waals surface area (Å²) >= 11 is 6.03. The highest BCUT2D eigenvalue weighted by atomic mass is 35.5. The monoisotopic (exact) mass is 294 g/mol. The van der Waals surface area contributed by atoms with Crippen molar-refractivity contribution in [2.75, 3.05) is 18.4 Å². The molecule has 2 rings (SSSR count). The van der Waals surface area contributed by atoms with Gasteiger partial charge in [-0.3, -0.25) is 9.59 Å². The summed E-state index contributed by atoms with van der Waals surface area (Å²) in [4.78, 5) is 25.8. The molecule has 1 atom stereocenters. The van der Waals surface area contributed by atoms with Gasteiger partial charge in [0.05, 0.1) is 16.6 Å². The van der Waals surface area contributed by atoms with Gasteiger partial charge < -0.3 is 10.2 Å². The molecule has 0 saturated carbocycles. The van der Waals surface area contributed by atoms with Crippen LogP contribution in [0.25, 0.3) is 0 Å². The van der Waals surface area contributed by atoms with Crippen LogP contribution in [-0.4, -0.2) is 29.8 Å². The Balaban J connectivity index is 1.99. The molecule has 1 aromatic carbocycles. The number of nitrogens with one attached hydrogen (secondary N) is 1. The Morgan fingerprint density at radius 1 is 1.40 bits per heavy atom. The third kappa shape index (κ3) is 3.51. The Kier molecular flexibility index (Phi) is 5.01. The van der Waals surface area contributed by atoms with Crippen molar-refractivity contribution >= 4 is 29.1 Å². The fraction of sp³-hybridized carbons (Fsp3) is 0.467. The summed E-state index contributed by atoms with van der Waals surface area (Å²) < 4.78 is 0. The molecule has 1 N–H and O–H groups in total. The summed E-state index contributed by atoms with van der Waals surface area (Å²) in [5.74, 6) is -0.109. The van der Waals surface area contributed by atoms with E-state index < -0.39 is 0 Å². The van der Waals surface area contributed by atoms with E-state index in [9.17, 15) is 9.59 Å². The predicted octanol–water partition coefficient (Wildman–Crippen LogP) is 2.93. The summed E-state index contributed by atoms with van der Waals surface area (Å²) in [5.41, 5.74) is 0.623. The SMILES string of the molecule is CCC(=O)N1CCCC(C(=O)Nc2ccccc2Cl)C1. The van der Waals surface area contributed by atoms with Gasteiger partial charge in [-0.2, -0.15) is 0 Å². The Labute approximate surface area is 124 Å². The van der Waals surface area contributed by atoms with Crippen LogP contribution in [0, 0.1) is 5.92 Å². The highest BCUT2D eigenvalue weighted by molar-refractivity contribution is 6.33. The first-order chi connectivity index (χ1) is 9.61. The van der Waals surface area contributed by atoms with Crippen LogP contribution in [0.1, 0.15) is 26.2 Å². The van der Waals surface area contributed by atoms with Gasteiger partial charge in [0, 0.05) is 19.5 Å². The van der Waals surface area contributed by atoms with Crippen LogP contribution >= 0.6 is 11.6 Å². The van der Waals surface area contributed by atoms with E-state index in [-0.39, 0.29) is 17.7 Å². The smallest absolute Gasteiger partial charge is 0.229 e. The van der Waals surface area contributed by atoms with Crippen LogP contribution in [0.4, 0.5) is 5.69 Å². The van der Waals surface area contributed by atoms with E-state index >= 15 is 0 Å². The van der Waals surface area contributed by atoms with Crippen molar-refractivity contribution in [1.29, 1.82) is 0 Å². The Morgan fingerprint density at radius 2 is 2.15 bits per heavy atom. The first kappa shape index (κ1) is 14.9. The van der Waals surface area contributed by atoms with Crippen LogP contribution in [-0.2, 0) is 9.59 Å². The molecule has 0 bridgehead atoms. The Hall–Kier alpha value is -1.55. The maximum Gasteiger partial charge on any atom is 0.229 e. The first-order valence-electron chi connectivity index (χ1n) is 6.95. The molecule has 2 amide bonds. The molecule has 0 aliphatic carbocycles. The van der Waals surface area contributed by atoms with Crippen LogP contribution in [0.15, 0.2) is 24.3 Å². The second-order valence-corrected chi connectivity index (χ2v) is 5.41. The van der Waals surface area contributed by atoms with Crippen LogP contribution in [0.2, 0.25) is 5.02 Å². The van der Waals surface area contributed by atoms with Crippen molar-refractivity contribution in [2.45, 2.75) is 26.2 Å². The van der Waals surface area contributed by atoms with Gasteiger partial charge in [-0.15, -0.1) is 0 Å². The average molecular weight is 295 g/mol. The molecule has 1 aliphatic heterocycles. The predicted molar refractivity (Wildman–Crippen MR) is 79.7 cm³/mol. The van der Waals surface area contributed by atoms with Gasteiger partial charge in [0.2, 0.25) is 11.8 Å². The van der Waals surface area contributed by atoms with Gasteiger partial charge >= 0.3 is 0 Å². The minimum absolute atomic E-state index is 0.0632. The molecule has 0 spiro atoms. The number of rotatable bonds is 3. The summed E-state index contributed by atoms with van der Waals surface area (Å²) in [6, 6.07) is 7.17. The largest absolute Gasteiger partial charge is 0.342 e. The molecule has 20 heavy (non-hydrogen) atoms. The fourth-order valence-electron chi connectivity index (χ4n) is 2.44. The molecule has 4 nitrogen and oxygen atoms in total. The van der Waals surface area contributed by atoms with E-state index in [1.54, 1.807) is 17.0 Å². The molecule has 0 aromatic heterocycles. The molecule has 1 unspecified atom stereocenters. The van der Waals surface area contributed by atoms with E-state index in [2.05, 4.69) is 5.32 Å². The second-order valence-electron chi connectivity index (χ2n) is 5.00. The molecular formula is C15H19ClN2O2. The quantitative estimate of drug-likeness (QED) is 0.932. The third-order valence-electron chi connectivity index (χ3n) is 3.58. The van der Waals surface area contributed by atoms with Crippen LogP contribution < -0.4 is 5.32 Å². The zero-order valence-electron chi connectivity index (χ0n) is 11.6. The lowest BCUT2D eigenvalue weighted by Gasteiger charge is -2.32. The third-order valence-corrected chi connectivity index (χ3v) is 3.91. The fourth-order valence-corrected chi connectivity index (χ4v) is 2.62. The first-order valence-corrected chi connectivity index (χ1v) is 7.32. The van der Waals surface area contributed by atoms with E-state index in [1.165, 1.54) is 0 Å². The lowest BCUT2D eigenvalue weighted by molar-refractivity contribution is -0.134. The van der Waals surface area contributed by atoms with Crippen molar-refractivity contribution in [3.8, 4) is 0 Å². The standard InChI is InChI=1S/C15H19ClN2O2/c1-2-14(19)18-9-5-6-11(10-18)15(20)17-13-8-4-3-7-12(13)16/h3-4,7-8,11H,2,5-6,9-10H2,1H3,(H,17,20). The van der Waals surface area contributed by atoms with Gasteiger partial charge in [0.15, 0.2) is 0 Å². The maximum atomic E-state index is 12.3. The zero-order valence-corrected chi connectivity index (χ0v) is 12.3. The van der Waals surface area contributed by atoms with E-state index in [0.29, 0.717) is 23.7 Å². The van der Waals surface area contributed by atoms with Crippen molar-refractivity contribution in [3.05, 3.63) is 29.3 Å². The molecule has 5 heteroatoms. The Bertz CT molecular complexity index is 504. The molecule has 1 aliphatic rings. The van der Waals surface area contributed by atoms with Crippen LogP contribution in [0.3, 0.4) is 0 Å². The van der Waals surface area contributed by atoms with Gasteiger partial charge in [0.1, 0.15) is 0 Å². The number of carbonyl (C=O) groups is 2. The van der Waals surface area contributed by atoms with Crippen molar-refractivity contribution < 1.29 is 9.59 Å². The maximum absolute atomic E-state index is 12.3. The summed E-state index contributed by atoms with van der Waals surface area (Å²) in [6.45, 7) is 3.10. The van der Waals surface area contributed by atoms with E-state index in [1.807, 2.05) is 19.1 Å². The normalized spacial score (nSPS) is 18.7. The zero-order chi connectivity index (χ0) is 14.5. The molecule has 1 saturated heterocycles. The molecular weight excluding hydrogens is 276 g/mol. The van der Waals surface area contributed by atoms with Crippen molar-refractivity contribution in [1.82, 2.24) is 4.90 Å². The lowest BCUT2D eigenvalue weighted by Crippen LogP contribution is -2.43. The number of halogens is 1. The number of anilines is 1. The van der Waals surface area contributed by atoms with E-state index in [0.717, 1.165) is 19.4 Å². The minimum Gasteiger partial charge on any atom is -0.342 e. The van der Waals surface area contributed by atoms with Crippen molar-refractivity contribution in [3.63, 3.8) is 0 Å². The number of nitrogens with zero attached hydrogens (tertiary/aromatic N) is 1. The summed E-state index contributed by atoms with van der Waals surface area (Å²) in [5, 5.41) is 3.37. The molecule has 1 fully saturated rings. The summed E-state index contributed by atoms with van der Waals surface area (Å²) in [6.07, 6.45) is 2.16. The number of carbonyl (C=O) groups excluding carboxylic acids is 2. The van der Waals surface area contributed by atoms with Gasteiger partial charge in [-0.1, -0.05) is 30.7 Å². The van der Waals surface area contributed by atoms with E-state index in [4.69, 9.17) is 11.6 Å². The van der Waals surface area contributed by atoms with Crippen LogP contribution in [0.5, 0.6) is 0 Å². The number of para-hydroxylation sites is 1. The van der Waals surface area contributed by atoms with Gasteiger partial charge in [-0.05, 0) is 25.0 Å². The highest BCUT2D eigenvalue weighted by Gasteiger charge is 2.27. The molecule has 0 radical (unpaired) electrons. The number of amides is 2. The second kappa shape index (κ2) is 6.75.